The van der Waals surface area contributed by atoms with Gasteiger partial charge < -0.3 is 9.84 Å². The summed E-state index contributed by atoms with van der Waals surface area (Å²) in [5, 5.41) is 13.2. The topological polar surface area (TPSA) is 29.5 Å². The molecule has 0 aliphatic heterocycles. The molecule has 2 nitrogen and oxygen atoms in total. The van der Waals surface area contributed by atoms with Crippen LogP contribution >= 0.6 is 0 Å². The number of aliphatic hydroxyl groups is 1. The van der Waals surface area contributed by atoms with E-state index in [-0.39, 0.29) is 0 Å². The van der Waals surface area contributed by atoms with Crippen molar-refractivity contribution in [3.05, 3.63) is 108 Å². The molecule has 0 radical (unpaired) electrons. The van der Waals surface area contributed by atoms with E-state index in [9.17, 15) is 5.11 Å². The highest BCUT2D eigenvalue weighted by Crippen LogP contribution is 2.42. The molecule has 0 aliphatic carbocycles. The minimum Gasteiger partial charge on any atom is -0.484 e. The minimum atomic E-state index is -1.07. The second-order valence-electron chi connectivity index (χ2n) is 14.3. The van der Waals surface area contributed by atoms with Gasteiger partial charge in [-0.2, -0.15) is 0 Å². The number of para-hydroxylation sites is 1. The molecule has 3 aromatic rings. The lowest BCUT2D eigenvalue weighted by Gasteiger charge is -2.48. The monoisotopic (exact) mass is 653 g/mol. The number of benzene rings is 3. The fourth-order valence-electron chi connectivity index (χ4n) is 7.25. The lowest BCUT2D eigenvalue weighted by molar-refractivity contribution is -0.144. The summed E-state index contributed by atoms with van der Waals surface area (Å²) < 4.78 is 7.20. The van der Waals surface area contributed by atoms with Crippen LogP contribution in [0.5, 0.6) is 5.75 Å². The summed E-state index contributed by atoms with van der Waals surface area (Å²) in [6.45, 7) is 4.57. The summed E-state index contributed by atoms with van der Waals surface area (Å²) in [5.41, 5.74) is 0.545. The van der Waals surface area contributed by atoms with Crippen LogP contribution in [0.15, 0.2) is 97.1 Å². The Labute approximate surface area is 295 Å². The van der Waals surface area contributed by atoms with Gasteiger partial charge in [0.1, 0.15) is 17.0 Å². The molecular formula is C46H68O2. The second-order valence-corrected chi connectivity index (χ2v) is 14.3. The second kappa shape index (κ2) is 24.3. The molecule has 0 heterocycles. The van der Waals surface area contributed by atoms with Crippen LogP contribution in [0, 0.1) is 0 Å². The summed E-state index contributed by atoms with van der Waals surface area (Å²) in [5.74, 6) is 0.864. The Morgan fingerprint density at radius 2 is 0.938 bits per heavy atom. The summed E-state index contributed by atoms with van der Waals surface area (Å²) in [6.07, 6.45) is 30.3. The first-order valence-electron chi connectivity index (χ1n) is 19.8. The maximum Gasteiger partial charge on any atom is 0.138 e. The van der Waals surface area contributed by atoms with Crippen LogP contribution in [-0.2, 0) is 6.42 Å². The summed E-state index contributed by atoms with van der Waals surface area (Å²) in [6, 6.07) is 31.4. The third-order valence-electron chi connectivity index (χ3n) is 10.2. The minimum absolute atomic E-state index is 0.540. The fourth-order valence-corrected chi connectivity index (χ4v) is 7.25. The van der Waals surface area contributed by atoms with Gasteiger partial charge in [-0.25, -0.2) is 0 Å². The van der Waals surface area contributed by atoms with Crippen molar-refractivity contribution in [3.63, 3.8) is 0 Å². The maximum absolute atomic E-state index is 13.2. The van der Waals surface area contributed by atoms with Gasteiger partial charge in [0.15, 0.2) is 0 Å². The Bertz CT molecular complexity index is 1190. The molecule has 0 spiro atoms. The molecule has 2 atom stereocenters. The third kappa shape index (κ3) is 15.1. The van der Waals surface area contributed by atoms with Gasteiger partial charge in [-0.3, -0.25) is 0 Å². The molecule has 3 rings (SSSR count). The first-order chi connectivity index (χ1) is 23.6. The molecule has 0 saturated heterocycles. The van der Waals surface area contributed by atoms with Gasteiger partial charge in [0.25, 0.3) is 0 Å². The van der Waals surface area contributed by atoms with E-state index in [1.165, 1.54) is 103 Å². The van der Waals surface area contributed by atoms with Gasteiger partial charge >= 0.3 is 0 Å². The van der Waals surface area contributed by atoms with E-state index in [4.69, 9.17) is 4.74 Å². The van der Waals surface area contributed by atoms with E-state index in [0.717, 1.165) is 42.6 Å². The molecule has 0 saturated carbocycles. The zero-order valence-electron chi connectivity index (χ0n) is 30.7. The molecule has 48 heavy (non-hydrogen) atoms. The van der Waals surface area contributed by atoms with Crippen LogP contribution in [0.4, 0.5) is 0 Å². The molecule has 2 unspecified atom stereocenters. The molecule has 3 aromatic carbocycles. The van der Waals surface area contributed by atoms with Gasteiger partial charge in [0.05, 0.1) is 0 Å². The van der Waals surface area contributed by atoms with Crippen molar-refractivity contribution in [1.82, 2.24) is 0 Å². The van der Waals surface area contributed by atoms with Crippen molar-refractivity contribution in [2.75, 3.05) is 0 Å². The first-order valence-corrected chi connectivity index (χ1v) is 19.8. The van der Waals surface area contributed by atoms with E-state index in [1.807, 2.05) is 6.07 Å². The molecular weight excluding hydrogens is 585 g/mol. The number of rotatable bonds is 28. The van der Waals surface area contributed by atoms with Crippen LogP contribution in [0.2, 0.25) is 0 Å². The van der Waals surface area contributed by atoms with E-state index < -0.39 is 11.2 Å². The number of hydrogen-bond donors (Lipinski definition) is 1. The van der Waals surface area contributed by atoms with Gasteiger partial charge in [-0.05, 0) is 55.4 Å². The van der Waals surface area contributed by atoms with Gasteiger partial charge in [0.2, 0.25) is 0 Å². The van der Waals surface area contributed by atoms with Crippen molar-refractivity contribution < 1.29 is 9.84 Å². The summed E-state index contributed by atoms with van der Waals surface area (Å²) >= 11 is 0. The van der Waals surface area contributed by atoms with Crippen LogP contribution in [0.25, 0.3) is 6.08 Å². The summed E-state index contributed by atoms with van der Waals surface area (Å²) in [4.78, 5) is 0. The molecule has 0 amide bonds. The zero-order chi connectivity index (χ0) is 34.0. The van der Waals surface area contributed by atoms with E-state index in [1.54, 1.807) is 0 Å². The van der Waals surface area contributed by atoms with E-state index >= 15 is 0 Å². The Morgan fingerprint density at radius 1 is 0.521 bits per heavy atom. The van der Waals surface area contributed by atoms with Gasteiger partial charge in [0, 0.05) is 6.42 Å². The predicted molar refractivity (Wildman–Crippen MR) is 209 cm³/mol. The Morgan fingerprint density at radius 3 is 1.42 bits per heavy atom. The predicted octanol–water partition coefficient (Wildman–Crippen LogP) is 13.7. The highest BCUT2D eigenvalue weighted by Gasteiger charge is 2.51. The Hall–Kier alpha value is -2.84. The summed E-state index contributed by atoms with van der Waals surface area (Å²) in [7, 11) is 0. The Kier molecular flexibility index (Phi) is 20.1. The quantitative estimate of drug-likeness (QED) is 0.0791. The van der Waals surface area contributed by atoms with Crippen molar-refractivity contribution in [2.24, 2.45) is 0 Å². The van der Waals surface area contributed by atoms with E-state index in [2.05, 4.69) is 111 Å². The number of hydrogen-bond acceptors (Lipinski definition) is 2. The zero-order valence-corrected chi connectivity index (χ0v) is 30.7. The molecule has 0 aromatic heterocycles. The van der Waals surface area contributed by atoms with E-state index in [0.29, 0.717) is 12.8 Å². The van der Waals surface area contributed by atoms with Gasteiger partial charge in [-0.1, -0.05) is 208 Å². The molecule has 264 valence electrons. The third-order valence-corrected chi connectivity index (χ3v) is 10.2. The fraction of sp³-hybridized carbons (Fsp3) is 0.565. The lowest BCUT2D eigenvalue weighted by Crippen LogP contribution is -2.59. The molecule has 1 N–H and O–H groups in total. The Balaban J connectivity index is 1.85. The highest BCUT2D eigenvalue weighted by molar-refractivity contribution is 5.49. The molecule has 0 bridgehead atoms. The first kappa shape index (κ1) is 39.6. The lowest BCUT2D eigenvalue weighted by atomic mass is 9.70. The average molecular weight is 653 g/mol. The SMILES string of the molecule is CCCCCCCCCCCCC(CCCCCCCCCC)(Oc1ccccc1)C(O)(CC=Cc1ccccc1)Cc1ccccc1. The number of unbranched alkanes of at least 4 members (excludes halogenated alkanes) is 16. The number of ether oxygens (including phenoxy) is 1. The van der Waals surface area contributed by atoms with Crippen molar-refractivity contribution in [2.45, 2.75) is 166 Å². The molecule has 0 aliphatic rings. The normalized spacial score (nSPS) is 14.1. The van der Waals surface area contributed by atoms with Crippen LogP contribution in [-0.4, -0.2) is 16.3 Å². The maximum atomic E-state index is 13.2. The average Bonchev–Trinajstić information content (AvgIpc) is 3.11. The van der Waals surface area contributed by atoms with Crippen molar-refractivity contribution in [1.29, 1.82) is 0 Å². The van der Waals surface area contributed by atoms with Crippen LogP contribution in [0.3, 0.4) is 0 Å². The van der Waals surface area contributed by atoms with Crippen molar-refractivity contribution >= 4 is 6.08 Å². The molecule has 0 fully saturated rings. The van der Waals surface area contributed by atoms with Crippen LogP contribution < -0.4 is 4.74 Å². The molecule has 2 heteroatoms. The van der Waals surface area contributed by atoms with Gasteiger partial charge in [-0.15, -0.1) is 0 Å². The standard InChI is InChI=1S/C46H68O2/c1-3-5-7-9-11-13-14-16-18-29-40-46(48-44-36-26-21-27-37-44,39-28-17-15-12-10-8-6-4-2)45(47,41-43-33-24-20-25-34-43)38-30-35-42-31-22-19-23-32-42/h19-27,30-37,47H,3-18,28-29,38-41H2,1-2H3. The highest BCUT2D eigenvalue weighted by atomic mass is 16.5. The smallest absolute Gasteiger partial charge is 0.138 e. The van der Waals surface area contributed by atoms with Crippen molar-refractivity contribution in [3.8, 4) is 5.75 Å². The largest absolute Gasteiger partial charge is 0.484 e. The van der Waals surface area contributed by atoms with Crippen LogP contribution in [0.1, 0.15) is 160 Å².